The molecule has 1 fully saturated rings. The lowest BCUT2D eigenvalue weighted by atomic mass is 9.95. The smallest absolute Gasteiger partial charge is 0.233 e. The van der Waals surface area contributed by atoms with Crippen molar-refractivity contribution in [3.63, 3.8) is 0 Å². The predicted octanol–water partition coefficient (Wildman–Crippen LogP) is 3.73. The minimum atomic E-state index is -0.331. The maximum atomic E-state index is 12.0. The van der Waals surface area contributed by atoms with Crippen LogP contribution >= 0.6 is 11.6 Å². The monoisotopic (exact) mass is 322 g/mol. The Bertz CT molecular complexity index is 543. The Morgan fingerprint density at radius 1 is 1.14 bits per heavy atom. The zero-order chi connectivity index (χ0) is 16.1. The molecule has 5 heteroatoms. The van der Waals surface area contributed by atoms with E-state index < -0.39 is 0 Å². The fourth-order valence-corrected chi connectivity index (χ4v) is 3.30. The second-order valence-corrected chi connectivity index (χ2v) is 6.47. The molecule has 0 heterocycles. The van der Waals surface area contributed by atoms with Crippen LogP contribution in [0.5, 0.6) is 0 Å². The average Bonchev–Trinajstić information content (AvgIpc) is 2.43. The van der Waals surface area contributed by atoms with Crippen molar-refractivity contribution < 1.29 is 9.59 Å². The Morgan fingerprint density at radius 2 is 1.82 bits per heavy atom. The first kappa shape index (κ1) is 16.8. The van der Waals surface area contributed by atoms with Crippen molar-refractivity contribution in [3.05, 3.63) is 28.3 Å². The molecular weight excluding hydrogens is 300 g/mol. The fourth-order valence-electron chi connectivity index (χ4n) is 2.93. The molecule has 120 valence electrons. The number of amides is 2. The highest BCUT2D eigenvalue weighted by molar-refractivity contribution is 6.34. The number of carbonyl (C=O) groups is 2. The molecule has 0 radical (unpaired) electrons. The van der Waals surface area contributed by atoms with Crippen LogP contribution in [0.1, 0.15) is 49.7 Å². The Balaban J connectivity index is 1.88. The van der Waals surface area contributed by atoms with E-state index in [1.54, 1.807) is 6.07 Å². The maximum absolute atomic E-state index is 12.0. The Hall–Kier alpha value is -1.55. The quantitative estimate of drug-likeness (QED) is 0.830. The Kier molecular flexibility index (Phi) is 5.83. The number of carbonyl (C=O) groups excluding carboxylic acids is 2. The SMILES string of the molecule is Cc1cc(C)c(NC(=O)CC(=O)NC2CCCCC2)c(Cl)c1. The largest absolute Gasteiger partial charge is 0.353 e. The molecule has 0 bridgehead atoms. The molecular formula is C17H23ClN2O2. The number of halogens is 1. The van der Waals surface area contributed by atoms with Crippen LogP contribution in [-0.4, -0.2) is 17.9 Å². The number of hydrogen-bond acceptors (Lipinski definition) is 2. The molecule has 0 spiro atoms. The van der Waals surface area contributed by atoms with E-state index >= 15 is 0 Å². The molecule has 1 aromatic carbocycles. The summed E-state index contributed by atoms with van der Waals surface area (Å²) in [6.07, 6.45) is 5.38. The molecule has 22 heavy (non-hydrogen) atoms. The summed E-state index contributed by atoms with van der Waals surface area (Å²) >= 11 is 6.16. The van der Waals surface area contributed by atoms with Gasteiger partial charge in [0.25, 0.3) is 0 Å². The van der Waals surface area contributed by atoms with E-state index in [0.29, 0.717) is 10.7 Å². The van der Waals surface area contributed by atoms with Crippen LogP contribution in [0.4, 0.5) is 5.69 Å². The third-order valence-corrected chi connectivity index (χ3v) is 4.29. The number of rotatable bonds is 4. The average molecular weight is 323 g/mol. The maximum Gasteiger partial charge on any atom is 0.233 e. The van der Waals surface area contributed by atoms with E-state index in [0.717, 1.165) is 36.8 Å². The number of benzene rings is 1. The summed E-state index contributed by atoms with van der Waals surface area (Å²) in [7, 11) is 0. The lowest BCUT2D eigenvalue weighted by molar-refractivity contribution is -0.127. The van der Waals surface area contributed by atoms with Gasteiger partial charge in [0, 0.05) is 6.04 Å². The predicted molar refractivity (Wildman–Crippen MR) is 89.2 cm³/mol. The summed E-state index contributed by atoms with van der Waals surface area (Å²) in [6, 6.07) is 3.97. The molecule has 2 amide bonds. The van der Waals surface area contributed by atoms with E-state index in [9.17, 15) is 9.59 Å². The first-order valence-electron chi connectivity index (χ1n) is 7.81. The van der Waals surface area contributed by atoms with Gasteiger partial charge in [-0.3, -0.25) is 9.59 Å². The summed E-state index contributed by atoms with van der Waals surface area (Å²) < 4.78 is 0. The highest BCUT2D eigenvalue weighted by Crippen LogP contribution is 2.27. The van der Waals surface area contributed by atoms with Crippen molar-refractivity contribution >= 4 is 29.1 Å². The van der Waals surface area contributed by atoms with Gasteiger partial charge in [0.1, 0.15) is 6.42 Å². The minimum absolute atomic E-state index is 0.167. The van der Waals surface area contributed by atoms with E-state index in [1.165, 1.54) is 6.42 Å². The molecule has 0 atom stereocenters. The number of aryl methyl sites for hydroxylation is 2. The van der Waals surface area contributed by atoms with Gasteiger partial charge in [-0.2, -0.15) is 0 Å². The third kappa shape index (κ3) is 4.73. The highest BCUT2D eigenvalue weighted by Gasteiger charge is 2.18. The van der Waals surface area contributed by atoms with Crippen LogP contribution in [0.2, 0.25) is 5.02 Å². The molecule has 0 aliphatic heterocycles. The molecule has 1 aromatic rings. The highest BCUT2D eigenvalue weighted by atomic mass is 35.5. The lowest BCUT2D eigenvalue weighted by Crippen LogP contribution is -2.37. The van der Waals surface area contributed by atoms with Gasteiger partial charge in [-0.1, -0.05) is 36.9 Å². The topological polar surface area (TPSA) is 58.2 Å². The normalized spacial score (nSPS) is 15.4. The van der Waals surface area contributed by atoms with Gasteiger partial charge in [-0.25, -0.2) is 0 Å². The van der Waals surface area contributed by atoms with Crippen molar-refractivity contribution in [1.29, 1.82) is 0 Å². The molecule has 1 aliphatic carbocycles. The van der Waals surface area contributed by atoms with Gasteiger partial charge in [-0.15, -0.1) is 0 Å². The van der Waals surface area contributed by atoms with Gasteiger partial charge in [0.2, 0.25) is 11.8 Å². The Labute approximate surface area is 136 Å². The number of anilines is 1. The van der Waals surface area contributed by atoms with Crippen LogP contribution in [0, 0.1) is 13.8 Å². The van der Waals surface area contributed by atoms with Gasteiger partial charge in [0.15, 0.2) is 0 Å². The van der Waals surface area contributed by atoms with Crippen LogP contribution in [0.25, 0.3) is 0 Å². The second kappa shape index (κ2) is 7.63. The van der Waals surface area contributed by atoms with Crippen molar-refractivity contribution in [2.24, 2.45) is 0 Å². The van der Waals surface area contributed by atoms with Gasteiger partial charge in [0.05, 0.1) is 10.7 Å². The zero-order valence-electron chi connectivity index (χ0n) is 13.2. The molecule has 1 aliphatic rings. The summed E-state index contributed by atoms with van der Waals surface area (Å²) in [5.41, 5.74) is 2.52. The molecule has 2 N–H and O–H groups in total. The summed E-state index contributed by atoms with van der Waals surface area (Å²) in [6.45, 7) is 3.83. The first-order chi connectivity index (χ1) is 10.5. The van der Waals surface area contributed by atoms with Crippen LogP contribution in [0.3, 0.4) is 0 Å². The van der Waals surface area contributed by atoms with E-state index in [-0.39, 0.29) is 24.3 Å². The summed E-state index contributed by atoms with van der Waals surface area (Å²) in [5, 5.41) is 6.18. The van der Waals surface area contributed by atoms with Crippen molar-refractivity contribution in [2.75, 3.05) is 5.32 Å². The van der Waals surface area contributed by atoms with E-state index in [2.05, 4.69) is 10.6 Å². The Morgan fingerprint density at radius 3 is 2.45 bits per heavy atom. The fraction of sp³-hybridized carbons (Fsp3) is 0.529. The molecule has 0 saturated heterocycles. The van der Waals surface area contributed by atoms with Gasteiger partial charge in [-0.05, 0) is 43.9 Å². The van der Waals surface area contributed by atoms with Crippen molar-refractivity contribution in [1.82, 2.24) is 5.32 Å². The van der Waals surface area contributed by atoms with Gasteiger partial charge < -0.3 is 10.6 Å². The molecule has 2 rings (SSSR count). The van der Waals surface area contributed by atoms with Crippen molar-refractivity contribution in [3.8, 4) is 0 Å². The van der Waals surface area contributed by atoms with Crippen LogP contribution in [-0.2, 0) is 9.59 Å². The molecule has 1 saturated carbocycles. The first-order valence-corrected chi connectivity index (χ1v) is 8.19. The van der Waals surface area contributed by atoms with E-state index in [1.807, 2.05) is 19.9 Å². The number of nitrogens with one attached hydrogen (secondary N) is 2. The summed E-state index contributed by atoms with van der Waals surface area (Å²) in [4.78, 5) is 24.0. The minimum Gasteiger partial charge on any atom is -0.353 e. The van der Waals surface area contributed by atoms with Crippen LogP contribution in [0.15, 0.2) is 12.1 Å². The zero-order valence-corrected chi connectivity index (χ0v) is 13.9. The number of hydrogen-bond donors (Lipinski definition) is 2. The lowest BCUT2D eigenvalue weighted by Gasteiger charge is -2.22. The van der Waals surface area contributed by atoms with Crippen LogP contribution < -0.4 is 10.6 Å². The molecule has 0 unspecified atom stereocenters. The second-order valence-electron chi connectivity index (χ2n) is 6.07. The third-order valence-electron chi connectivity index (χ3n) is 3.99. The molecule has 4 nitrogen and oxygen atoms in total. The van der Waals surface area contributed by atoms with Crippen molar-refractivity contribution in [2.45, 2.75) is 58.4 Å². The molecule has 0 aromatic heterocycles. The van der Waals surface area contributed by atoms with E-state index in [4.69, 9.17) is 11.6 Å². The van der Waals surface area contributed by atoms with Gasteiger partial charge >= 0.3 is 0 Å². The summed E-state index contributed by atoms with van der Waals surface area (Å²) in [5.74, 6) is -0.549. The standard InChI is InChI=1S/C17H23ClN2O2/c1-11-8-12(2)17(14(18)9-11)20-16(22)10-15(21)19-13-6-4-3-5-7-13/h8-9,13H,3-7,10H2,1-2H3,(H,19,21)(H,20,22).